The number of ketones is 1. The van der Waals surface area contributed by atoms with Crippen molar-refractivity contribution < 1.29 is 42.3 Å². The summed E-state index contributed by atoms with van der Waals surface area (Å²) in [4.78, 5) is 94.3. The Kier molecular flexibility index (Phi) is 11.2. The van der Waals surface area contributed by atoms with E-state index in [1.54, 1.807) is 30.3 Å². The van der Waals surface area contributed by atoms with E-state index in [1.165, 1.54) is 42.4 Å². The number of halogens is 3. The molecule has 2 heterocycles. The van der Waals surface area contributed by atoms with Crippen LogP contribution >= 0.6 is 0 Å². The number of carboxylic acid groups (broad SMARTS) is 1. The molecule has 6 aromatic rings. The molecule has 0 spiro atoms. The number of fused-ring (bicyclic) bond motifs is 4. The van der Waals surface area contributed by atoms with Crippen molar-refractivity contribution in [1.29, 1.82) is 0 Å². The Balaban J connectivity index is 0.862. The van der Waals surface area contributed by atoms with E-state index >= 15 is 0 Å². The summed E-state index contributed by atoms with van der Waals surface area (Å²) in [5.74, 6) is -3.98. The van der Waals surface area contributed by atoms with Gasteiger partial charge in [0.05, 0.1) is 29.6 Å². The highest BCUT2D eigenvalue weighted by Crippen LogP contribution is 2.54. The maximum absolute atomic E-state index is 14.2. The number of rotatable bonds is 14. The van der Waals surface area contributed by atoms with Crippen LogP contribution in [0.4, 0.5) is 24.8 Å². The first-order valence-corrected chi connectivity index (χ1v) is 19.7. The van der Waals surface area contributed by atoms with Crippen molar-refractivity contribution in [1.82, 2.24) is 35.5 Å². The number of nitrogens with one attached hydrogen (secondary N) is 4. The van der Waals surface area contributed by atoms with Gasteiger partial charge in [-0.2, -0.15) is 18.2 Å². The highest BCUT2D eigenvalue weighted by atomic mass is 19.4. The number of carboxylic acids is 1. The first kappa shape index (κ1) is 42.5. The summed E-state index contributed by atoms with van der Waals surface area (Å²) in [6.07, 6.45) is -3.69. The Hall–Kier alpha value is -8.22. The van der Waals surface area contributed by atoms with Crippen LogP contribution in [-0.2, 0) is 31.9 Å². The maximum atomic E-state index is 14.2. The summed E-state index contributed by atoms with van der Waals surface area (Å²) in [6, 6.07) is 19.9. The molecule has 19 heteroatoms. The standard InChI is InChI=1S/C45H36F3N9O7/c1-57(42(62)36-35-29-7-3-5-22-4-2-6-28(32(22)29)34(35)33(38(36)59)23-8-12-25(13-9-23)45(46,47)48)19-18-50-31(58)17-16-30(43(63)64)54-40(60)24-10-14-26(15-11-24)51-20-27-21-52-39-37(53-27)41(61)56-44(49)55-39/h2-15,21,30,51H,16-20H2,1H3,(H,50,58)(H,54,60)(H,63,64)(H3,49,52,55,56,61)/t30-/m0/s1. The average molecular weight is 872 g/mol. The molecule has 0 bridgehead atoms. The molecule has 2 aliphatic rings. The molecule has 3 amide bonds. The lowest BCUT2D eigenvalue weighted by Gasteiger charge is -2.19. The van der Waals surface area contributed by atoms with Crippen LogP contribution in [0.1, 0.15) is 51.1 Å². The Bertz CT molecular complexity index is 3050. The van der Waals surface area contributed by atoms with Crippen LogP contribution in [0.3, 0.4) is 0 Å². The molecule has 0 fully saturated rings. The third-order valence-corrected chi connectivity index (χ3v) is 10.8. The van der Waals surface area contributed by atoms with Gasteiger partial charge in [-0.15, -0.1) is 0 Å². The Morgan fingerprint density at radius 2 is 1.58 bits per heavy atom. The number of amides is 3. The van der Waals surface area contributed by atoms with Crippen LogP contribution in [0.15, 0.2) is 101 Å². The van der Waals surface area contributed by atoms with E-state index in [4.69, 9.17) is 5.73 Å². The molecule has 0 saturated heterocycles. The number of likely N-dealkylation sites (N-methyl/N-ethyl adjacent to an activating group) is 1. The normalized spacial score (nSPS) is 13.6. The van der Waals surface area contributed by atoms with Gasteiger partial charge in [0.1, 0.15) is 6.04 Å². The Labute approximate surface area is 360 Å². The van der Waals surface area contributed by atoms with Crippen molar-refractivity contribution in [2.45, 2.75) is 31.6 Å². The zero-order chi connectivity index (χ0) is 45.4. The number of aliphatic carboxylic acids is 1. The van der Waals surface area contributed by atoms with Gasteiger partial charge in [0.25, 0.3) is 17.4 Å². The molecular weight excluding hydrogens is 836 g/mol. The molecule has 7 N–H and O–H groups in total. The summed E-state index contributed by atoms with van der Waals surface area (Å²) in [5.41, 5.74) is 7.78. The van der Waals surface area contributed by atoms with Crippen LogP contribution in [0, 0.1) is 0 Å². The van der Waals surface area contributed by atoms with Crippen LogP contribution < -0.4 is 27.2 Å². The lowest BCUT2D eigenvalue weighted by Crippen LogP contribution is -2.42. The molecule has 64 heavy (non-hydrogen) atoms. The largest absolute Gasteiger partial charge is 0.480 e. The highest BCUT2D eigenvalue weighted by molar-refractivity contribution is 6.56. The number of allylic oxidation sites excluding steroid dienone is 3. The minimum absolute atomic E-state index is 0.0204. The van der Waals surface area contributed by atoms with Crippen molar-refractivity contribution in [2.75, 3.05) is 31.2 Å². The van der Waals surface area contributed by atoms with E-state index in [1.807, 2.05) is 18.2 Å². The van der Waals surface area contributed by atoms with Gasteiger partial charge in [-0.05, 0) is 70.3 Å². The second-order valence-electron chi connectivity index (χ2n) is 15.0. The summed E-state index contributed by atoms with van der Waals surface area (Å²) >= 11 is 0. The second-order valence-corrected chi connectivity index (χ2v) is 15.0. The molecule has 0 radical (unpaired) electrons. The number of aromatic amines is 1. The Morgan fingerprint density at radius 1 is 0.891 bits per heavy atom. The number of carbonyl (C=O) groups is 5. The van der Waals surface area contributed by atoms with Gasteiger partial charge in [-0.25, -0.2) is 14.8 Å². The number of aromatic nitrogens is 4. The quantitative estimate of drug-likeness (QED) is 0.0825. The fourth-order valence-corrected chi connectivity index (χ4v) is 7.71. The monoisotopic (exact) mass is 871 g/mol. The van der Waals surface area contributed by atoms with Gasteiger partial charge >= 0.3 is 12.1 Å². The van der Waals surface area contributed by atoms with Gasteiger partial charge in [-0.1, -0.05) is 48.5 Å². The molecule has 0 aliphatic heterocycles. The predicted octanol–water partition coefficient (Wildman–Crippen LogP) is 4.58. The smallest absolute Gasteiger partial charge is 0.416 e. The first-order valence-electron chi connectivity index (χ1n) is 19.7. The fraction of sp³-hybridized carbons (Fsp3) is 0.178. The van der Waals surface area contributed by atoms with Crippen molar-refractivity contribution >= 4 is 79.8 Å². The highest BCUT2D eigenvalue weighted by Gasteiger charge is 2.43. The molecule has 8 rings (SSSR count). The fourth-order valence-electron chi connectivity index (χ4n) is 7.71. The molecule has 0 unspecified atom stereocenters. The van der Waals surface area contributed by atoms with E-state index in [9.17, 15) is 47.0 Å². The number of benzene rings is 4. The maximum Gasteiger partial charge on any atom is 0.416 e. The predicted molar refractivity (Wildman–Crippen MR) is 229 cm³/mol. The summed E-state index contributed by atoms with van der Waals surface area (Å²) in [7, 11) is 1.45. The number of anilines is 2. The number of nitrogen functional groups attached to an aromatic ring is 1. The molecule has 0 saturated carbocycles. The minimum Gasteiger partial charge on any atom is -0.480 e. The van der Waals surface area contributed by atoms with Gasteiger partial charge in [0.15, 0.2) is 16.9 Å². The van der Waals surface area contributed by atoms with Crippen LogP contribution in [-0.4, -0.2) is 85.6 Å². The van der Waals surface area contributed by atoms with E-state index in [0.717, 1.165) is 22.9 Å². The van der Waals surface area contributed by atoms with Gasteiger partial charge in [-0.3, -0.25) is 29.0 Å². The summed E-state index contributed by atoms with van der Waals surface area (Å²) in [5, 5.41) is 19.6. The molecule has 2 aromatic heterocycles. The molecule has 2 aliphatic carbocycles. The summed E-state index contributed by atoms with van der Waals surface area (Å²) < 4.78 is 40.3. The molecule has 1 atom stereocenters. The van der Waals surface area contributed by atoms with Crippen LogP contribution in [0.25, 0.3) is 38.7 Å². The van der Waals surface area contributed by atoms with Gasteiger partial charge in [0, 0.05) is 54.5 Å². The van der Waals surface area contributed by atoms with Crippen molar-refractivity contribution in [3.63, 3.8) is 0 Å². The van der Waals surface area contributed by atoms with Crippen LogP contribution in [0.2, 0.25) is 0 Å². The first-order chi connectivity index (χ1) is 30.6. The van der Waals surface area contributed by atoms with E-state index in [2.05, 4.69) is 35.9 Å². The third-order valence-electron chi connectivity index (χ3n) is 10.8. The third kappa shape index (κ3) is 8.25. The zero-order valence-corrected chi connectivity index (χ0v) is 33.7. The number of alkyl halides is 3. The van der Waals surface area contributed by atoms with Crippen LogP contribution in [0.5, 0.6) is 0 Å². The molecular formula is C45H36F3N9O7. The number of hydrogen-bond acceptors (Lipinski definition) is 11. The number of carbonyl (C=O) groups excluding carboxylic acids is 4. The average Bonchev–Trinajstić information content (AvgIpc) is 3.75. The van der Waals surface area contributed by atoms with Gasteiger partial charge < -0.3 is 31.7 Å². The molecule has 4 aromatic carbocycles. The number of hydrogen-bond donors (Lipinski definition) is 6. The van der Waals surface area contributed by atoms with E-state index in [-0.39, 0.29) is 71.9 Å². The second kappa shape index (κ2) is 16.9. The van der Waals surface area contributed by atoms with Crippen molar-refractivity contribution in [2.24, 2.45) is 0 Å². The summed E-state index contributed by atoms with van der Waals surface area (Å²) in [6.45, 7) is 0.0540. The molecule has 16 nitrogen and oxygen atoms in total. The zero-order valence-electron chi connectivity index (χ0n) is 33.7. The van der Waals surface area contributed by atoms with Crippen molar-refractivity contribution in [3.8, 4) is 0 Å². The molecule has 324 valence electrons. The number of nitrogens with two attached hydrogens (primary N) is 1. The SMILES string of the molecule is CN(CCNC(=O)CC[C@H](NC(=O)c1ccc(NCc2cnc3nc(N)[nH]c(=O)c3n2)cc1)C(=O)O)C(=O)C1=C2C(=C(c3ccc(C(F)(F)F)cc3)C1=O)c1cccc3cccc2c13. The number of H-pyrrole nitrogens is 1. The van der Waals surface area contributed by atoms with Gasteiger partial charge in [0.2, 0.25) is 11.9 Å². The van der Waals surface area contributed by atoms with Crippen molar-refractivity contribution in [3.05, 3.63) is 141 Å². The van der Waals surface area contributed by atoms with E-state index < -0.39 is 52.8 Å². The lowest BCUT2D eigenvalue weighted by molar-refractivity contribution is -0.140. The number of nitrogens with zero attached hydrogens (tertiary/aromatic N) is 4. The van der Waals surface area contributed by atoms with E-state index in [0.29, 0.717) is 33.7 Å². The minimum atomic E-state index is -4.59. The lowest BCUT2D eigenvalue weighted by atomic mass is 9.94. The Morgan fingerprint density at radius 3 is 2.25 bits per heavy atom. The number of Topliss-reactive ketones (excluding diaryl/α,β-unsaturated/α-hetero) is 1. The topological polar surface area (TPSA) is 242 Å².